The van der Waals surface area contributed by atoms with Gasteiger partial charge in [-0.25, -0.2) is 9.78 Å². The molecule has 14 nitrogen and oxygen atoms in total. The van der Waals surface area contributed by atoms with E-state index in [9.17, 15) is 23.2 Å². The van der Waals surface area contributed by atoms with Crippen molar-refractivity contribution in [1.82, 2.24) is 24.6 Å². The van der Waals surface area contributed by atoms with E-state index in [1.807, 2.05) is 4.90 Å². The zero-order chi connectivity index (χ0) is 31.6. The van der Waals surface area contributed by atoms with Crippen LogP contribution in [0.2, 0.25) is 0 Å². The lowest BCUT2D eigenvalue weighted by atomic mass is 10.2. The number of piperazine rings is 2. The number of benzene rings is 1. The fraction of sp³-hybridized carbons (Fsp3) is 0.571. The molecule has 0 spiro atoms. The Bertz CT molecular complexity index is 1280. The highest BCUT2D eigenvalue weighted by Gasteiger charge is 2.28. The van der Waals surface area contributed by atoms with Gasteiger partial charge in [-0.15, -0.1) is 0 Å². The molecule has 1 aromatic heterocycles. The van der Waals surface area contributed by atoms with Gasteiger partial charge in [-0.05, 0) is 31.0 Å². The lowest BCUT2D eigenvalue weighted by molar-refractivity contribution is -0.132. The van der Waals surface area contributed by atoms with Gasteiger partial charge in [0.05, 0.1) is 20.3 Å². The Balaban J connectivity index is 1.36. The number of rotatable bonds is 12. The maximum atomic E-state index is 13.2. The van der Waals surface area contributed by atoms with Gasteiger partial charge in [0.25, 0.3) is 5.91 Å². The fourth-order valence-corrected chi connectivity index (χ4v) is 5.00. The number of aromatic nitrogens is 1. The number of halogens is 2. The minimum absolute atomic E-state index is 0.0336. The number of ether oxygens (including phenoxy) is 3. The Hall–Kier alpha value is -4.02. The van der Waals surface area contributed by atoms with E-state index in [1.54, 1.807) is 14.7 Å². The molecule has 0 saturated carbocycles. The molecule has 242 valence electrons. The maximum Gasteiger partial charge on any atom is 0.409 e. The third-order valence-corrected chi connectivity index (χ3v) is 7.52. The second kappa shape index (κ2) is 15.6. The first kappa shape index (κ1) is 32.9. The van der Waals surface area contributed by atoms with Gasteiger partial charge in [0, 0.05) is 71.0 Å². The minimum Gasteiger partial charge on any atom is -0.490 e. The number of nitrogens with zero attached hydrogens (tertiary/aromatic N) is 5. The van der Waals surface area contributed by atoms with Crippen LogP contribution in [0, 0.1) is 0 Å². The first-order valence-corrected chi connectivity index (χ1v) is 14.5. The van der Waals surface area contributed by atoms with Crippen LogP contribution in [0.4, 0.5) is 13.6 Å². The summed E-state index contributed by atoms with van der Waals surface area (Å²) >= 11 is 0. The van der Waals surface area contributed by atoms with E-state index in [0.717, 1.165) is 0 Å². The van der Waals surface area contributed by atoms with Crippen LogP contribution in [0.5, 0.6) is 11.5 Å². The largest absolute Gasteiger partial charge is 0.490 e. The van der Waals surface area contributed by atoms with E-state index in [4.69, 9.17) is 25.4 Å². The van der Waals surface area contributed by atoms with E-state index in [-0.39, 0.29) is 60.2 Å². The quantitative estimate of drug-likeness (QED) is 0.329. The molecule has 2 aromatic rings. The Kier molecular flexibility index (Phi) is 11.7. The summed E-state index contributed by atoms with van der Waals surface area (Å²) in [7, 11) is 1.32. The smallest absolute Gasteiger partial charge is 0.409 e. The normalized spacial score (nSPS) is 15.9. The number of carbonyl (C=O) groups is 3. The van der Waals surface area contributed by atoms with Gasteiger partial charge < -0.3 is 44.8 Å². The maximum absolute atomic E-state index is 13.2. The number of nitrogens with two attached hydrogens (primary N) is 2. The van der Waals surface area contributed by atoms with Gasteiger partial charge in [-0.2, -0.15) is 8.78 Å². The molecular weight excluding hydrogens is 584 g/mol. The number of methoxy groups -OCH3 is 1. The van der Waals surface area contributed by atoms with Crippen molar-refractivity contribution in [3.63, 3.8) is 0 Å². The lowest BCUT2D eigenvalue weighted by Crippen LogP contribution is -2.50. The molecular formula is C28H39F2N7O7. The number of carbonyl (C=O) groups excluding carboxylic acids is 3. The number of amides is 3. The molecule has 4 rings (SSSR count). The van der Waals surface area contributed by atoms with Crippen LogP contribution in [-0.4, -0.2) is 122 Å². The Labute approximate surface area is 253 Å². The predicted molar refractivity (Wildman–Crippen MR) is 153 cm³/mol. The number of unbranched alkanes of at least 4 members (excludes halogenated alkanes) is 1. The SMILES string of the molecule is COC(=O)N1CCN(C(=O)CCCCOc2cc(-c3nc(C(=O)N4CCN(CN)CC4)c(CN)o3)ccc2OC(F)F)CC1. The van der Waals surface area contributed by atoms with Crippen molar-refractivity contribution in [3.05, 3.63) is 29.7 Å². The third kappa shape index (κ3) is 8.33. The van der Waals surface area contributed by atoms with E-state index in [0.29, 0.717) is 77.4 Å². The van der Waals surface area contributed by atoms with Crippen LogP contribution in [0.1, 0.15) is 35.5 Å². The fourth-order valence-electron chi connectivity index (χ4n) is 5.00. The van der Waals surface area contributed by atoms with E-state index >= 15 is 0 Å². The van der Waals surface area contributed by atoms with Crippen molar-refractivity contribution in [2.75, 3.05) is 72.7 Å². The van der Waals surface area contributed by atoms with Gasteiger partial charge in [0.15, 0.2) is 23.0 Å². The zero-order valence-corrected chi connectivity index (χ0v) is 24.7. The first-order chi connectivity index (χ1) is 21.2. The highest BCUT2D eigenvalue weighted by atomic mass is 19.3. The van der Waals surface area contributed by atoms with Gasteiger partial charge in [-0.3, -0.25) is 14.5 Å². The Morgan fingerprint density at radius 3 is 2.27 bits per heavy atom. The van der Waals surface area contributed by atoms with Crippen molar-refractivity contribution in [1.29, 1.82) is 0 Å². The van der Waals surface area contributed by atoms with Gasteiger partial charge in [0.2, 0.25) is 11.8 Å². The second-order valence-corrected chi connectivity index (χ2v) is 10.3. The van der Waals surface area contributed by atoms with Crippen molar-refractivity contribution >= 4 is 17.9 Å². The molecule has 0 aliphatic carbocycles. The summed E-state index contributed by atoms with van der Waals surface area (Å²) in [5.41, 5.74) is 12.0. The molecule has 44 heavy (non-hydrogen) atoms. The molecule has 16 heteroatoms. The molecule has 2 saturated heterocycles. The number of hydrogen-bond donors (Lipinski definition) is 2. The highest BCUT2D eigenvalue weighted by Crippen LogP contribution is 2.34. The molecule has 0 radical (unpaired) electrons. The van der Waals surface area contributed by atoms with Crippen LogP contribution >= 0.6 is 0 Å². The Morgan fingerprint density at radius 2 is 1.64 bits per heavy atom. The van der Waals surface area contributed by atoms with Crippen molar-refractivity contribution in [3.8, 4) is 23.0 Å². The minimum atomic E-state index is -3.07. The molecule has 1 aromatic carbocycles. The van der Waals surface area contributed by atoms with Crippen LogP contribution < -0.4 is 20.9 Å². The summed E-state index contributed by atoms with van der Waals surface area (Å²) in [6.45, 7) is 1.32. The van der Waals surface area contributed by atoms with Crippen LogP contribution in [-0.2, 0) is 16.1 Å². The van der Waals surface area contributed by atoms with Crippen molar-refractivity contribution < 1.29 is 41.8 Å². The summed E-state index contributed by atoms with van der Waals surface area (Å²) in [6, 6.07) is 4.24. The Morgan fingerprint density at radius 1 is 0.955 bits per heavy atom. The van der Waals surface area contributed by atoms with Crippen LogP contribution in [0.25, 0.3) is 11.5 Å². The molecule has 2 fully saturated rings. The summed E-state index contributed by atoms with van der Waals surface area (Å²) in [6.07, 6.45) is 0.838. The van der Waals surface area contributed by atoms with Gasteiger partial charge >= 0.3 is 12.7 Å². The van der Waals surface area contributed by atoms with E-state index < -0.39 is 12.7 Å². The number of oxazole rings is 1. The molecule has 3 heterocycles. The third-order valence-electron chi connectivity index (χ3n) is 7.52. The van der Waals surface area contributed by atoms with Crippen molar-refractivity contribution in [2.24, 2.45) is 11.5 Å². The molecule has 4 N–H and O–H groups in total. The average Bonchev–Trinajstić information content (AvgIpc) is 3.49. The van der Waals surface area contributed by atoms with E-state index in [1.165, 1.54) is 25.3 Å². The topological polar surface area (TPSA) is 170 Å². The van der Waals surface area contributed by atoms with Gasteiger partial charge in [0.1, 0.15) is 0 Å². The zero-order valence-electron chi connectivity index (χ0n) is 24.7. The standard InChI is InChI=1S/C28H39F2N7O7/c1-41-28(40)37-13-11-35(12-14-37)23(38)4-2-3-15-42-21-16-19(5-6-20(21)44-27(29)30)25-33-24(22(17-31)43-25)26(39)36-9-7-34(18-32)8-10-36/h5-6,16,27H,2-4,7-15,17-18,31-32H2,1H3. The summed E-state index contributed by atoms with van der Waals surface area (Å²) in [5, 5.41) is 0. The second-order valence-electron chi connectivity index (χ2n) is 10.3. The van der Waals surface area contributed by atoms with Crippen LogP contribution in [0.3, 0.4) is 0 Å². The predicted octanol–water partition coefficient (Wildman–Crippen LogP) is 1.54. The molecule has 3 amide bonds. The molecule has 0 bridgehead atoms. The first-order valence-electron chi connectivity index (χ1n) is 14.5. The summed E-state index contributed by atoms with van der Waals surface area (Å²) in [5.74, 6) is -0.205. The number of hydrogen-bond acceptors (Lipinski definition) is 11. The summed E-state index contributed by atoms with van der Waals surface area (Å²) < 4.78 is 47.1. The van der Waals surface area contributed by atoms with Gasteiger partial charge in [-0.1, -0.05) is 0 Å². The molecule has 0 atom stereocenters. The molecule has 2 aliphatic heterocycles. The monoisotopic (exact) mass is 623 g/mol. The lowest BCUT2D eigenvalue weighted by Gasteiger charge is -2.33. The molecule has 0 unspecified atom stereocenters. The average molecular weight is 624 g/mol. The van der Waals surface area contributed by atoms with Crippen molar-refractivity contribution in [2.45, 2.75) is 32.4 Å². The summed E-state index contributed by atoms with van der Waals surface area (Å²) in [4.78, 5) is 48.7. The van der Waals surface area contributed by atoms with E-state index in [2.05, 4.69) is 9.72 Å². The molecule has 2 aliphatic rings. The number of alkyl halides is 2. The highest BCUT2D eigenvalue weighted by molar-refractivity contribution is 5.94. The van der Waals surface area contributed by atoms with Crippen LogP contribution in [0.15, 0.2) is 22.6 Å².